The molecule has 0 aromatic carbocycles. The molecule has 1 aliphatic rings. The van der Waals surface area contributed by atoms with E-state index < -0.39 is 0 Å². The first-order valence-electron chi connectivity index (χ1n) is 5.07. The van der Waals surface area contributed by atoms with Crippen LogP contribution in [0.15, 0.2) is 4.52 Å². The number of hydrogen-bond acceptors (Lipinski definition) is 5. The van der Waals surface area contributed by atoms with Crippen LogP contribution >= 0.6 is 0 Å². The monoisotopic (exact) mass is 210 g/mol. The Kier molecular flexibility index (Phi) is 2.96. The maximum Gasteiger partial charge on any atom is 0.292 e. The number of carbonyl (C=O) groups excluding carboxylic acids is 1. The molecular weight excluding hydrogens is 196 g/mol. The summed E-state index contributed by atoms with van der Waals surface area (Å²) in [5, 5.41) is 9.52. The predicted octanol–water partition coefficient (Wildman–Crippen LogP) is -0.140. The third-order valence-corrected chi connectivity index (χ3v) is 2.15. The van der Waals surface area contributed by atoms with Gasteiger partial charge in [0.05, 0.1) is 0 Å². The van der Waals surface area contributed by atoms with Crippen LogP contribution in [0.4, 0.5) is 0 Å². The maximum atomic E-state index is 11.4. The van der Waals surface area contributed by atoms with Crippen LogP contribution in [0.3, 0.4) is 0 Å². The van der Waals surface area contributed by atoms with E-state index >= 15 is 0 Å². The second-order valence-electron chi connectivity index (χ2n) is 3.62. The van der Waals surface area contributed by atoms with Crippen LogP contribution in [0, 0.1) is 6.92 Å². The number of nitrogens with zero attached hydrogens (tertiary/aromatic N) is 2. The highest BCUT2D eigenvalue weighted by Crippen LogP contribution is 2.17. The molecule has 1 saturated carbocycles. The molecule has 82 valence electrons. The van der Waals surface area contributed by atoms with Crippen molar-refractivity contribution in [1.29, 1.82) is 0 Å². The summed E-state index contributed by atoms with van der Waals surface area (Å²) in [7, 11) is 0. The van der Waals surface area contributed by atoms with E-state index in [1.807, 2.05) is 0 Å². The van der Waals surface area contributed by atoms with Gasteiger partial charge < -0.3 is 15.2 Å². The quantitative estimate of drug-likeness (QED) is 0.661. The van der Waals surface area contributed by atoms with Crippen LogP contribution in [0.25, 0.3) is 0 Å². The van der Waals surface area contributed by atoms with E-state index in [1.165, 1.54) is 12.8 Å². The van der Waals surface area contributed by atoms with Crippen LogP contribution < -0.4 is 10.6 Å². The molecule has 0 radical (unpaired) electrons. The van der Waals surface area contributed by atoms with Crippen molar-refractivity contribution in [3.05, 3.63) is 11.7 Å². The minimum atomic E-state index is -0.288. The minimum absolute atomic E-state index is 0.0962. The average molecular weight is 210 g/mol. The van der Waals surface area contributed by atoms with Gasteiger partial charge in [-0.15, -0.1) is 0 Å². The molecule has 1 aliphatic carbocycles. The first-order valence-corrected chi connectivity index (χ1v) is 5.07. The fourth-order valence-corrected chi connectivity index (χ4v) is 1.21. The molecule has 1 aromatic rings. The molecule has 0 unspecified atom stereocenters. The average Bonchev–Trinajstić information content (AvgIpc) is 2.94. The SMILES string of the molecule is Cc1nc(C(=O)NCCNC2CC2)no1. The van der Waals surface area contributed by atoms with E-state index in [-0.39, 0.29) is 11.7 Å². The summed E-state index contributed by atoms with van der Waals surface area (Å²) in [5.41, 5.74) is 0. The normalized spacial score (nSPS) is 15.3. The van der Waals surface area contributed by atoms with Gasteiger partial charge >= 0.3 is 0 Å². The number of aromatic nitrogens is 2. The van der Waals surface area contributed by atoms with Gasteiger partial charge in [0.25, 0.3) is 11.7 Å². The minimum Gasteiger partial charge on any atom is -0.348 e. The fourth-order valence-electron chi connectivity index (χ4n) is 1.21. The number of hydrogen-bond donors (Lipinski definition) is 2. The van der Waals surface area contributed by atoms with E-state index in [1.54, 1.807) is 6.92 Å². The van der Waals surface area contributed by atoms with Crippen molar-refractivity contribution in [2.75, 3.05) is 13.1 Å². The highest BCUT2D eigenvalue weighted by molar-refractivity contribution is 5.90. The molecule has 2 rings (SSSR count). The van der Waals surface area contributed by atoms with Gasteiger partial charge in [-0.1, -0.05) is 5.16 Å². The van der Waals surface area contributed by atoms with E-state index in [9.17, 15) is 4.79 Å². The molecule has 0 bridgehead atoms. The van der Waals surface area contributed by atoms with Crippen LogP contribution in [-0.2, 0) is 0 Å². The van der Waals surface area contributed by atoms with Crippen LogP contribution in [-0.4, -0.2) is 35.2 Å². The highest BCUT2D eigenvalue weighted by atomic mass is 16.5. The smallest absolute Gasteiger partial charge is 0.292 e. The van der Waals surface area contributed by atoms with Gasteiger partial charge in [-0.25, -0.2) is 0 Å². The summed E-state index contributed by atoms with van der Waals surface area (Å²) >= 11 is 0. The Labute approximate surface area is 87.4 Å². The topological polar surface area (TPSA) is 80.0 Å². The maximum absolute atomic E-state index is 11.4. The Morgan fingerprint density at radius 2 is 2.33 bits per heavy atom. The summed E-state index contributed by atoms with van der Waals surface area (Å²) in [6, 6.07) is 0.661. The largest absolute Gasteiger partial charge is 0.348 e. The second kappa shape index (κ2) is 4.39. The molecule has 2 N–H and O–H groups in total. The first-order chi connectivity index (χ1) is 7.25. The van der Waals surface area contributed by atoms with Crippen molar-refractivity contribution in [3.63, 3.8) is 0 Å². The first kappa shape index (κ1) is 10.1. The molecule has 1 fully saturated rings. The molecule has 6 nitrogen and oxygen atoms in total. The zero-order valence-corrected chi connectivity index (χ0v) is 8.62. The molecule has 0 spiro atoms. The Bertz CT molecular complexity index is 346. The van der Waals surface area contributed by atoms with E-state index in [0.29, 0.717) is 18.5 Å². The zero-order chi connectivity index (χ0) is 10.7. The molecule has 6 heteroatoms. The number of aryl methyl sites for hydroxylation is 1. The second-order valence-corrected chi connectivity index (χ2v) is 3.62. The van der Waals surface area contributed by atoms with E-state index in [0.717, 1.165) is 6.54 Å². The number of amides is 1. The molecule has 0 aliphatic heterocycles. The third-order valence-electron chi connectivity index (χ3n) is 2.15. The molecule has 1 amide bonds. The van der Waals surface area contributed by atoms with Gasteiger partial charge in [-0.2, -0.15) is 4.98 Å². The van der Waals surface area contributed by atoms with Gasteiger partial charge in [-0.05, 0) is 12.8 Å². The lowest BCUT2D eigenvalue weighted by Crippen LogP contribution is -2.33. The van der Waals surface area contributed by atoms with Gasteiger partial charge in [-0.3, -0.25) is 4.79 Å². The van der Waals surface area contributed by atoms with Crippen molar-refractivity contribution in [2.24, 2.45) is 0 Å². The van der Waals surface area contributed by atoms with Crippen molar-refractivity contribution < 1.29 is 9.32 Å². The Morgan fingerprint density at radius 3 is 2.93 bits per heavy atom. The predicted molar refractivity (Wildman–Crippen MR) is 52.4 cm³/mol. The number of rotatable bonds is 5. The van der Waals surface area contributed by atoms with Crippen molar-refractivity contribution in [1.82, 2.24) is 20.8 Å². The molecule has 1 heterocycles. The summed E-state index contributed by atoms with van der Waals surface area (Å²) in [6.07, 6.45) is 2.50. The summed E-state index contributed by atoms with van der Waals surface area (Å²) in [5.74, 6) is 0.208. The lowest BCUT2D eigenvalue weighted by Gasteiger charge is -2.02. The van der Waals surface area contributed by atoms with Crippen molar-refractivity contribution >= 4 is 5.91 Å². The summed E-state index contributed by atoms with van der Waals surface area (Å²) in [4.78, 5) is 15.2. The molecule has 0 saturated heterocycles. The third kappa shape index (κ3) is 3.02. The van der Waals surface area contributed by atoms with Gasteiger partial charge in [0.15, 0.2) is 0 Å². The number of nitrogens with one attached hydrogen (secondary N) is 2. The lowest BCUT2D eigenvalue weighted by molar-refractivity contribution is 0.0940. The van der Waals surface area contributed by atoms with E-state index in [2.05, 4.69) is 20.8 Å². The van der Waals surface area contributed by atoms with Crippen molar-refractivity contribution in [2.45, 2.75) is 25.8 Å². The lowest BCUT2D eigenvalue weighted by atomic mass is 10.5. The standard InChI is InChI=1S/C9H14N4O2/c1-6-12-8(13-15-6)9(14)11-5-4-10-7-2-3-7/h7,10H,2-5H2,1H3,(H,11,14). The van der Waals surface area contributed by atoms with Gasteiger partial charge in [0.2, 0.25) is 5.89 Å². The summed E-state index contributed by atoms with van der Waals surface area (Å²) in [6.45, 7) is 3.02. The number of carbonyl (C=O) groups is 1. The summed E-state index contributed by atoms with van der Waals surface area (Å²) < 4.78 is 4.70. The van der Waals surface area contributed by atoms with Crippen LogP contribution in [0.5, 0.6) is 0 Å². The van der Waals surface area contributed by atoms with Crippen LogP contribution in [0.2, 0.25) is 0 Å². The van der Waals surface area contributed by atoms with Crippen molar-refractivity contribution in [3.8, 4) is 0 Å². The van der Waals surface area contributed by atoms with Gasteiger partial charge in [0.1, 0.15) is 0 Å². The Balaban J connectivity index is 1.67. The Hall–Kier alpha value is -1.43. The zero-order valence-electron chi connectivity index (χ0n) is 8.62. The van der Waals surface area contributed by atoms with E-state index in [4.69, 9.17) is 4.52 Å². The fraction of sp³-hybridized carbons (Fsp3) is 0.667. The van der Waals surface area contributed by atoms with Gasteiger partial charge in [0, 0.05) is 26.1 Å². The molecule has 1 aromatic heterocycles. The van der Waals surface area contributed by atoms with Crippen LogP contribution in [0.1, 0.15) is 29.4 Å². The molecule has 15 heavy (non-hydrogen) atoms. The molecular formula is C9H14N4O2. The highest BCUT2D eigenvalue weighted by Gasteiger charge is 2.19. The Morgan fingerprint density at radius 1 is 1.53 bits per heavy atom. The molecule has 0 atom stereocenters.